The maximum absolute atomic E-state index is 11.7. The zero-order valence-corrected chi connectivity index (χ0v) is 11.4. The van der Waals surface area contributed by atoms with Gasteiger partial charge >= 0.3 is 0 Å². The summed E-state index contributed by atoms with van der Waals surface area (Å²) in [6.45, 7) is 0.522. The van der Waals surface area contributed by atoms with E-state index >= 15 is 0 Å². The molecule has 1 amide bonds. The lowest BCUT2D eigenvalue weighted by atomic mass is 10.3. The maximum Gasteiger partial charge on any atom is 0.222 e. The number of aromatic nitrogens is 2. The van der Waals surface area contributed by atoms with Gasteiger partial charge in [0.1, 0.15) is 11.3 Å². The van der Waals surface area contributed by atoms with Crippen LogP contribution in [0.15, 0.2) is 18.2 Å². The first kappa shape index (κ1) is 12.8. The summed E-state index contributed by atoms with van der Waals surface area (Å²) in [6, 6.07) is 6.06. The highest BCUT2D eigenvalue weighted by Crippen LogP contribution is 2.27. The number of nitrogen functional groups attached to an aromatic ring is 1. The number of rotatable bonds is 5. The van der Waals surface area contributed by atoms with Crippen molar-refractivity contribution in [3.05, 3.63) is 18.2 Å². The van der Waals surface area contributed by atoms with E-state index in [0.717, 1.165) is 23.9 Å². The molecule has 0 radical (unpaired) electrons. The molecule has 0 aliphatic heterocycles. The van der Waals surface area contributed by atoms with E-state index in [1.165, 1.54) is 0 Å². The second kappa shape index (κ2) is 5.03. The summed E-state index contributed by atoms with van der Waals surface area (Å²) in [5.41, 5.74) is 7.56. The number of fused-ring (bicyclic) bond motifs is 1. The predicted molar refractivity (Wildman–Crippen MR) is 76.5 cm³/mol. The maximum atomic E-state index is 11.7. The van der Waals surface area contributed by atoms with Crippen molar-refractivity contribution in [1.82, 2.24) is 14.9 Å². The normalized spacial score (nSPS) is 14.4. The Morgan fingerprint density at radius 2 is 2.35 bits per heavy atom. The van der Waals surface area contributed by atoms with Crippen LogP contribution in [0.3, 0.4) is 0 Å². The third-order valence-electron chi connectivity index (χ3n) is 3.50. The van der Waals surface area contributed by atoms with Crippen molar-refractivity contribution in [1.29, 1.82) is 0 Å². The Morgan fingerprint density at radius 1 is 1.55 bits per heavy atom. The first-order valence-electron chi connectivity index (χ1n) is 6.77. The summed E-state index contributed by atoms with van der Waals surface area (Å²) >= 11 is 0. The van der Waals surface area contributed by atoms with Crippen LogP contribution in [-0.4, -0.2) is 28.6 Å². The predicted octanol–water partition coefficient (Wildman–Crippen LogP) is 1.30. The highest BCUT2D eigenvalue weighted by atomic mass is 16.5. The van der Waals surface area contributed by atoms with Gasteiger partial charge < -0.3 is 20.4 Å². The van der Waals surface area contributed by atoms with Crippen molar-refractivity contribution in [3.63, 3.8) is 0 Å². The van der Waals surface area contributed by atoms with Crippen molar-refractivity contribution < 1.29 is 9.53 Å². The van der Waals surface area contributed by atoms with Crippen LogP contribution < -0.4 is 15.8 Å². The van der Waals surface area contributed by atoms with E-state index in [2.05, 4.69) is 10.3 Å². The van der Waals surface area contributed by atoms with Gasteiger partial charge in [0.05, 0.1) is 12.6 Å². The van der Waals surface area contributed by atoms with Gasteiger partial charge in [0, 0.05) is 19.0 Å². The number of imidazole rings is 1. The van der Waals surface area contributed by atoms with Gasteiger partial charge in [-0.3, -0.25) is 4.79 Å². The van der Waals surface area contributed by atoms with Crippen LogP contribution in [0, 0.1) is 0 Å². The quantitative estimate of drug-likeness (QED) is 0.861. The van der Waals surface area contributed by atoms with Crippen molar-refractivity contribution in [2.75, 3.05) is 12.8 Å². The number of para-hydroxylation sites is 1. The Bertz CT molecular complexity index is 646. The fourth-order valence-corrected chi connectivity index (χ4v) is 2.28. The van der Waals surface area contributed by atoms with Gasteiger partial charge in [-0.1, -0.05) is 6.07 Å². The second-order valence-corrected chi connectivity index (χ2v) is 5.04. The molecular formula is C14H18N4O2. The molecule has 106 valence electrons. The van der Waals surface area contributed by atoms with E-state index in [1.54, 1.807) is 7.11 Å². The van der Waals surface area contributed by atoms with Crippen LogP contribution in [0.1, 0.15) is 19.3 Å². The molecule has 6 heteroatoms. The first-order chi connectivity index (χ1) is 9.69. The van der Waals surface area contributed by atoms with E-state index in [-0.39, 0.29) is 5.91 Å². The number of hydrogen-bond donors (Lipinski definition) is 2. The number of carbonyl (C=O) groups is 1. The van der Waals surface area contributed by atoms with Crippen molar-refractivity contribution in [2.45, 2.75) is 31.8 Å². The highest BCUT2D eigenvalue weighted by Gasteiger charge is 2.23. The number of aryl methyl sites for hydroxylation is 1. The van der Waals surface area contributed by atoms with Gasteiger partial charge in [-0.25, -0.2) is 4.98 Å². The van der Waals surface area contributed by atoms with Gasteiger partial charge in [-0.15, -0.1) is 0 Å². The number of methoxy groups -OCH3 is 1. The van der Waals surface area contributed by atoms with Crippen LogP contribution in [0.2, 0.25) is 0 Å². The number of carbonyl (C=O) groups excluding carboxylic acids is 1. The first-order valence-corrected chi connectivity index (χ1v) is 6.77. The van der Waals surface area contributed by atoms with Gasteiger partial charge in [0.25, 0.3) is 0 Å². The fourth-order valence-electron chi connectivity index (χ4n) is 2.28. The monoisotopic (exact) mass is 274 g/mol. The number of ether oxygens (including phenoxy) is 1. The molecule has 1 aliphatic rings. The van der Waals surface area contributed by atoms with Crippen LogP contribution in [0.4, 0.5) is 5.95 Å². The zero-order valence-electron chi connectivity index (χ0n) is 11.4. The topological polar surface area (TPSA) is 82.2 Å². The van der Waals surface area contributed by atoms with E-state index in [4.69, 9.17) is 10.5 Å². The third kappa shape index (κ3) is 2.41. The molecule has 1 aromatic carbocycles. The number of amides is 1. The van der Waals surface area contributed by atoms with Crippen molar-refractivity contribution in [3.8, 4) is 5.75 Å². The Kier molecular flexibility index (Phi) is 3.22. The molecule has 0 unspecified atom stereocenters. The van der Waals surface area contributed by atoms with E-state index in [0.29, 0.717) is 30.7 Å². The molecule has 1 saturated carbocycles. The molecule has 6 nitrogen and oxygen atoms in total. The van der Waals surface area contributed by atoms with Gasteiger partial charge in [-0.2, -0.15) is 0 Å². The van der Waals surface area contributed by atoms with Gasteiger partial charge in [-0.05, 0) is 25.0 Å². The highest BCUT2D eigenvalue weighted by molar-refractivity contribution is 5.84. The SMILES string of the molecule is COc1cccc2c1nc(N)n2CCC(=O)NC1CC1. The lowest BCUT2D eigenvalue weighted by molar-refractivity contribution is -0.121. The molecule has 1 aromatic heterocycles. The fraction of sp³-hybridized carbons (Fsp3) is 0.429. The van der Waals surface area contributed by atoms with Gasteiger partial charge in [0.15, 0.2) is 0 Å². The number of anilines is 1. The van der Waals surface area contributed by atoms with Crippen molar-refractivity contribution in [2.24, 2.45) is 0 Å². The average Bonchev–Trinajstić information content (AvgIpc) is 3.18. The molecule has 1 fully saturated rings. The average molecular weight is 274 g/mol. The molecule has 1 heterocycles. The Balaban J connectivity index is 1.79. The molecule has 0 saturated heterocycles. The molecule has 3 rings (SSSR count). The molecule has 0 atom stereocenters. The smallest absolute Gasteiger partial charge is 0.222 e. The lowest BCUT2D eigenvalue weighted by Crippen LogP contribution is -2.26. The summed E-state index contributed by atoms with van der Waals surface area (Å²) in [6.07, 6.45) is 2.60. The van der Waals surface area contributed by atoms with E-state index in [9.17, 15) is 4.79 Å². The van der Waals surface area contributed by atoms with Crippen LogP contribution in [0.5, 0.6) is 5.75 Å². The minimum absolute atomic E-state index is 0.0663. The Morgan fingerprint density at radius 3 is 3.05 bits per heavy atom. The Hall–Kier alpha value is -2.24. The molecule has 1 aliphatic carbocycles. The minimum Gasteiger partial charge on any atom is -0.494 e. The van der Waals surface area contributed by atoms with Crippen LogP contribution >= 0.6 is 0 Å². The summed E-state index contributed by atoms with van der Waals surface area (Å²) in [5.74, 6) is 1.16. The number of benzene rings is 1. The van der Waals surface area contributed by atoms with Gasteiger partial charge in [0.2, 0.25) is 11.9 Å². The second-order valence-electron chi connectivity index (χ2n) is 5.04. The van der Waals surface area contributed by atoms with E-state index in [1.807, 2.05) is 22.8 Å². The summed E-state index contributed by atoms with van der Waals surface area (Å²) in [4.78, 5) is 16.1. The van der Waals surface area contributed by atoms with E-state index < -0.39 is 0 Å². The molecule has 0 spiro atoms. The molecule has 0 bridgehead atoms. The standard InChI is InChI=1S/C14H18N4O2/c1-20-11-4-2-3-10-13(11)17-14(15)18(10)8-7-12(19)16-9-5-6-9/h2-4,9H,5-8H2,1H3,(H2,15,17)(H,16,19). The summed E-state index contributed by atoms with van der Waals surface area (Å²) in [5, 5.41) is 2.97. The van der Waals surface area contributed by atoms with Crippen LogP contribution in [-0.2, 0) is 11.3 Å². The van der Waals surface area contributed by atoms with Crippen LogP contribution in [0.25, 0.3) is 11.0 Å². The Labute approximate surface area is 116 Å². The van der Waals surface area contributed by atoms with Crippen molar-refractivity contribution >= 4 is 22.9 Å². The summed E-state index contributed by atoms with van der Waals surface area (Å²) < 4.78 is 7.12. The zero-order chi connectivity index (χ0) is 14.1. The number of nitrogens with one attached hydrogen (secondary N) is 1. The number of hydrogen-bond acceptors (Lipinski definition) is 4. The lowest BCUT2D eigenvalue weighted by Gasteiger charge is -2.07. The molecule has 20 heavy (non-hydrogen) atoms. The summed E-state index contributed by atoms with van der Waals surface area (Å²) in [7, 11) is 1.60. The third-order valence-corrected chi connectivity index (χ3v) is 3.50. The molecular weight excluding hydrogens is 256 g/mol. The largest absolute Gasteiger partial charge is 0.494 e. The molecule has 2 aromatic rings. The molecule has 3 N–H and O–H groups in total. The number of nitrogens with zero attached hydrogens (tertiary/aromatic N) is 2. The minimum atomic E-state index is 0.0663. The number of nitrogens with two attached hydrogens (primary N) is 1.